The van der Waals surface area contributed by atoms with Gasteiger partial charge < -0.3 is 5.11 Å². The monoisotopic (exact) mass is 345 g/mol. The van der Waals surface area contributed by atoms with Crippen molar-refractivity contribution in [3.63, 3.8) is 0 Å². The first-order valence-electron chi connectivity index (χ1n) is 4.96. The number of carboxylic acid groups (broad SMARTS) is 1. The molecule has 0 heterocycles. The van der Waals surface area contributed by atoms with Crippen LogP contribution in [0.4, 0.5) is 0 Å². The quantitative estimate of drug-likeness (QED) is 0.830. The average Bonchev–Trinajstić information content (AvgIpc) is 2.27. The maximum Gasteiger partial charge on any atom is 0.318 e. The topological polar surface area (TPSA) is 74.7 Å². The van der Waals surface area contributed by atoms with Gasteiger partial charge in [-0.2, -0.15) is 4.31 Å². The zero-order valence-electron chi connectivity index (χ0n) is 9.46. The molecule has 0 bridgehead atoms. The molecular formula is C10H10Cl3NO4S. The number of hydrogen-bond donors (Lipinski definition) is 1. The number of carboxylic acids is 1. The van der Waals surface area contributed by atoms with Crippen LogP contribution < -0.4 is 0 Å². The lowest BCUT2D eigenvalue weighted by Crippen LogP contribution is -2.41. The first-order chi connectivity index (χ1) is 8.64. The first kappa shape index (κ1) is 16.5. The number of rotatable bonds is 5. The molecule has 0 aliphatic carbocycles. The summed E-state index contributed by atoms with van der Waals surface area (Å²) in [5.41, 5.74) is 0.585. The summed E-state index contributed by atoms with van der Waals surface area (Å²) < 4.78 is 21.9. The van der Waals surface area contributed by atoms with E-state index in [2.05, 4.69) is 0 Å². The van der Waals surface area contributed by atoms with E-state index in [0.29, 0.717) is 9.87 Å². The maximum atomic E-state index is 12.0. The van der Waals surface area contributed by atoms with Crippen LogP contribution in [0.3, 0.4) is 0 Å². The Hall–Kier alpha value is -0.530. The Morgan fingerprint density at radius 2 is 1.74 bits per heavy atom. The number of benzene rings is 1. The van der Waals surface area contributed by atoms with E-state index >= 15 is 0 Å². The molecule has 5 nitrogen and oxygen atoms in total. The average molecular weight is 347 g/mol. The maximum absolute atomic E-state index is 12.0. The molecule has 0 saturated heterocycles. The Bertz CT molecular complexity index is 542. The molecule has 0 atom stereocenters. The van der Waals surface area contributed by atoms with Crippen LogP contribution in [0.15, 0.2) is 30.3 Å². The highest BCUT2D eigenvalue weighted by atomic mass is 35.6. The van der Waals surface area contributed by atoms with Crippen molar-refractivity contribution in [2.24, 2.45) is 0 Å². The smallest absolute Gasteiger partial charge is 0.318 e. The van der Waals surface area contributed by atoms with Crippen LogP contribution in [0.25, 0.3) is 0 Å². The lowest BCUT2D eigenvalue weighted by Gasteiger charge is -2.24. The van der Waals surface area contributed by atoms with Crippen LogP contribution in [-0.2, 0) is 21.4 Å². The summed E-state index contributed by atoms with van der Waals surface area (Å²) in [7, 11) is -4.38. The van der Waals surface area contributed by atoms with Crippen LogP contribution >= 0.6 is 34.8 Å². The van der Waals surface area contributed by atoms with E-state index in [4.69, 9.17) is 39.9 Å². The van der Waals surface area contributed by atoms with Crippen molar-refractivity contribution in [1.82, 2.24) is 4.31 Å². The lowest BCUT2D eigenvalue weighted by atomic mass is 10.2. The van der Waals surface area contributed by atoms with Gasteiger partial charge in [0, 0.05) is 6.54 Å². The Morgan fingerprint density at radius 3 is 2.16 bits per heavy atom. The Kier molecular flexibility index (Phi) is 5.46. The van der Waals surface area contributed by atoms with Gasteiger partial charge in [-0.15, -0.1) is 0 Å². The summed E-state index contributed by atoms with van der Waals surface area (Å²) >= 11 is 16.1. The molecule has 1 rings (SSSR count). The third kappa shape index (κ3) is 4.50. The van der Waals surface area contributed by atoms with Gasteiger partial charge in [-0.25, -0.2) is 8.42 Å². The van der Waals surface area contributed by atoms with Gasteiger partial charge in [0.05, 0.1) is 0 Å². The predicted molar refractivity (Wildman–Crippen MR) is 73.7 cm³/mol. The van der Waals surface area contributed by atoms with Gasteiger partial charge in [-0.3, -0.25) is 4.79 Å². The SMILES string of the molecule is O=C(O)CN(Cc1ccccc1)S(=O)(=O)C(Cl)(Cl)Cl. The van der Waals surface area contributed by atoms with Crippen LogP contribution in [0.5, 0.6) is 0 Å². The van der Waals surface area contributed by atoms with E-state index in [-0.39, 0.29) is 6.54 Å². The molecule has 0 amide bonds. The van der Waals surface area contributed by atoms with Crippen molar-refractivity contribution < 1.29 is 18.3 Å². The van der Waals surface area contributed by atoms with Crippen molar-refractivity contribution in [1.29, 1.82) is 0 Å². The number of alkyl halides is 3. The summed E-state index contributed by atoms with van der Waals surface area (Å²) in [5.74, 6) is -1.34. The number of carbonyl (C=O) groups is 1. The first-order valence-corrected chi connectivity index (χ1v) is 7.54. The van der Waals surface area contributed by atoms with Gasteiger partial charge >= 0.3 is 9.09 Å². The molecule has 0 aliphatic heterocycles. The zero-order chi connectivity index (χ0) is 14.7. The van der Waals surface area contributed by atoms with Crippen LogP contribution in [0.2, 0.25) is 0 Å². The van der Waals surface area contributed by atoms with E-state index < -0.39 is 25.7 Å². The van der Waals surface area contributed by atoms with Crippen molar-refractivity contribution in [3.8, 4) is 0 Å². The van der Waals surface area contributed by atoms with E-state index in [9.17, 15) is 13.2 Å². The highest BCUT2D eigenvalue weighted by Crippen LogP contribution is 2.35. The fraction of sp³-hybridized carbons (Fsp3) is 0.300. The zero-order valence-corrected chi connectivity index (χ0v) is 12.5. The molecule has 1 N–H and O–H groups in total. The molecule has 0 unspecified atom stereocenters. The molecule has 19 heavy (non-hydrogen) atoms. The van der Waals surface area contributed by atoms with Crippen molar-refractivity contribution in [2.45, 2.75) is 9.67 Å². The second kappa shape index (κ2) is 6.28. The van der Waals surface area contributed by atoms with Gasteiger partial charge in [0.2, 0.25) is 0 Å². The second-order valence-electron chi connectivity index (χ2n) is 3.60. The fourth-order valence-corrected chi connectivity index (χ4v) is 3.08. The molecule has 0 radical (unpaired) electrons. The van der Waals surface area contributed by atoms with Gasteiger partial charge in [0.25, 0.3) is 10.0 Å². The van der Waals surface area contributed by atoms with Gasteiger partial charge in [-0.05, 0) is 5.56 Å². The Balaban J connectivity index is 3.06. The standard InChI is InChI=1S/C10H10Cl3NO4S/c11-10(12,13)19(17,18)14(7-9(15)16)6-8-4-2-1-3-5-8/h1-5H,6-7H2,(H,15,16). The predicted octanol–water partition coefficient (Wildman–Crippen LogP) is 2.23. The van der Waals surface area contributed by atoms with Crippen molar-refractivity contribution in [2.75, 3.05) is 6.54 Å². The molecule has 1 aromatic carbocycles. The molecule has 0 saturated carbocycles. The van der Waals surface area contributed by atoms with Crippen LogP contribution in [-0.4, -0.2) is 33.5 Å². The molecule has 106 valence electrons. The third-order valence-electron chi connectivity index (χ3n) is 2.15. The summed E-state index contributed by atoms with van der Waals surface area (Å²) in [6.07, 6.45) is 0. The minimum atomic E-state index is -4.38. The second-order valence-corrected chi connectivity index (χ2v) is 8.63. The van der Waals surface area contributed by atoms with E-state index in [0.717, 1.165) is 0 Å². The summed E-state index contributed by atoms with van der Waals surface area (Å²) in [4.78, 5) is 10.7. The van der Waals surface area contributed by atoms with Gasteiger partial charge in [0.1, 0.15) is 6.54 Å². The van der Waals surface area contributed by atoms with E-state index in [1.807, 2.05) is 0 Å². The highest BCUT2D eigenvalue weighted by molar-refractivity contribution is 7.95. The summed E-state index contributed by atoms with van der Waals surface area (Å²) in [6.45, 7) is -0.978. The fourth-order valence-electron chi connectivity index (χ4n) is 1.31. The van der Waals surface area contributed by atoms with Crippen LogP contribution in [0.1, 0.15) is 5.56 Å². The van der Waals surface area contributed by atoms with Gasteiger partial charge in [-0.1, -0.05) is 65.1 Å². The largest absolute Gasteiger partial charge is 0.480 e. The van der Waals surface area contributed by atoms with E-state index in [1.165, 1.54) is 0 Å². The number of halogens is 3. The molecule has 0 aromatic heterocycles. The normalized spacial score (nSPS) is 12.6. The molecular weight excluding hydrogens is 337 g/mol. The molecule has 9 heteroatoms. The summed E-state index contributed by atoms with van der Waals surface area (Å²) in [5, 5.41) is 8.76. The summed E-state index contributed by atoms with van der Waals surface area (Å²) in [6, 6.07) is 8.41. The molecule has 0 spiro atoms. The van der Waals surface area contributed by atoms with Crippen molar-refractivity contribution in [3.05, 3.63) is 35.9 Å². The van der Waals surface area contributed by atoms with Crippen LogP contribution in [0, 0.1) is 0 Å². The minimum Gasteiger partial charge on any atom is -0.480 e. The van der Waals surface area contributed by atoms with E-state index in [1.54, 1.807) is 30.3 Å². The minimum absolute atomic E-state index is 0.191. The molecule has 0 aliphatic rings. The number of aliphatic carboxylic acids is 1. The van der Waals surface area contributed by atoms with Crippen molar-refractivity contribution >= 4 is 50.8 Å². The number of hydrogen-bond acceptors (Lipinski definition) is 3. The Morgan fingerprint density at radius 1 is 1.21 bits per heavy atom. The highest BCUT2D eigenvalue weighted by Gasteiger charge is 2.43. The Labute approximate surface area is 125 Å². The third-order valence-corrected chi connectivity index (χ3v) is 5.42. The molecule has 1 aromatic rings. The van der Waals surface area contributed by atoms with Gasteiger partial charge in [0.15, 0.2) is 0 Å². The number of nitrogens with zero attached hydrogens (tertiary/aromatic N) is 1. The lowest BCUT2D eigenvalue weighted by molar-refractivity contribution is -0.137. The molecule has 0 fully saturated rings. The number of sulfonamides is 1.